The van der Waals surface area contributed by atoms with Gasteiger partial charge in [0.25, 0.3) is 5.91 Å². The third kappa shape index (κ3) is 3.32. The summed E-state index contributed by atoms with van der Waals surface area (Å²) in [5.74, 6) is 0.0739. The van der Waals surface area contributed by atoms with Gasteiger partial charge in [-0.05, 0) is 36.5 Å². The molecule has 1 saturated heterocycles. The van der Waals surface area contributed by atoms with Crippen molar-refractivity contribution in [1.82, 2.24) is 14.5 Å². The van der Waals surface area contributed by atoms with Gasteiger partial charge < -0.3 is 4.90 Å². The van der Waals surface area contributed by atoms with Crippen LogP contribution in [0.3, 0.4) is 0 Å². The topological polar surface area (TPSA) is 46.1 Å². The number of nitrogens with zero attached hydrogens (tertiary/aromatic N) is 3. The van der Waals surface area contributed by atoms with Crippen LogP contribution in [0.25, 0.3) is 11.3 Å². The van der Waals surface area contributed by atoms with Crippen LogP contribution in [0.5, 0.6) is 0 Å². The molecule has 0 atom stereocenters. The molecule has 2 heterocycles. The molecule has 6 heteroatoms. The first-order valence-corrected chi connectivity index (χ1v) is 8.70. The van der Waals surface area contributed by atoms with E-state index in [0.29, 0.717) is 10.6 Å². The lowest BCUT2D eigenvalue weighted by atomic mass is 10.1. The fraction of sp³-hybridized carbons (Fsp3) is 0.400. The third-order valence-corrected chi connectivity index (χ3v) is 4.94. The second kappa shape index (κ2) is 6.66. The number of aromatic nitrogens is 2. The molecule has 0 spiro atoms. The van der Waals surface area contributed by atoms with E-state index in [0.717, 1.165) is 36.0 Å². The molecule has 0 aliphatic carbocycles. The molecule has 0 saturated carbocycles. The molecular formula is C15H16BrN3OS. The van der Waals surface area contributed by atoms with Crippen LogP contribution in [0.2, 0.25) is 0 Å². The van der Waals surface area contributed by atoms with Crippen molar-refractivity contribution < 1.29 is 4.79 Å². The van der Waals surface area contributed by atoms with Gasteiger partial charge in [-0.2, -0.15) is 0 Å². The van der Waals surface area contributed by atoms with Crippen LogP contribution in [-0.4, -0.2) is 33.5 Å². The predicted octanol–water partition coefficient (Wildman–Crippen LogP) is 3.98. The molecular weight excluding hydrogens is 350 g/mol. The van der Waals surface area contributed by atoms with E-state index in [-0.39, 0.29) is 5.91 Å². The quantitative estimate of drug-likeness (QED) is 0.808. The molecule has 0 N–H and O–H groups in total. The summed E-state index contributed by atoms with van der Waals surface area (Å²) < 4.78 is 5.00. The highest BCUT2D eigenvalue weighted by molar-refractivity contribution is 9.10. The van der Waals surface area contributed by atoms with Crippen LogP contribution in [0, 0.1) is 0 Å². The molecule has 1 aromatic heterocycles. The van der Waals surface area contributed by atoms with Crippen molar-refractivity contribution in [2.24, 2.45) is 0 Å². The first kappa shape index (κ1) is 14.7. The second-order valence-electron chi connectivity index (χ2n) is 5.16. The average Bonchev–Trinajstić information content (AvgIpc) is 2.82. The lowest BCUT2D eigenvalue weighted by molar-refractivity contribution is 0.0767. The van der Waals surface area contributed by atoms with Crippen molar-refractivity contribution in [2.75, 3.05) is 13.1 Å². The number of carbonyl (C=O) groups is 1. The van der Waals surface area contributed by atoms with Crippen LogP contribution in [-0.2, 0) is 0 Å². The maximum Gasteiger partial charge on any atom is 0.267 e. The van der Waals surface area contributed by atoms with Crippen molar-refractivity contribution >= 4 is 33.4 Å². The van der Waals surface area contributed by atoms with Crippen molar-refractivity contribution in [3.05, 3.63) is 33.6 Å². The minimum Gasteiger partial charge on any atom is -0.338 e. The highest BCUT2D eigenvalue weighted by atomic mass is 79.9. The van der Waals surface area contributed by atoms with Crippen molar-refractivity contribution in [2.45, 2.75) is 25.7 Å². The van der Waals surface area contributed by atoms with Gasteiger partial charge in [0.1, 0.15) is 10.6 Å². The molecule has 21 heavy (non-hydrogen) atoms. The highest BCUT2D eigenvalue weighted by Crippen LogP contribution is 2.27. The molecule has 0 bridgehead atoms. The number of amides is 1. The van der Waals surface area contributed by atoms with E-state index in [1.165, 1.54) is 24.4 Å². The third-order valence-electron chi connectivity index (χ3n) is 3.69. The Labute approximate surface area is 136 Å². The van der Waals surface area contributed by atoms with Crippen LogP contribution < -0.4 is 0 Å². The normalized spacial score (nSPS) is 15.8. The number of rotatable bonds is 2. The van der Waals surface area contributed by atoms with E-state index in [1.807, 2.05) is 29.2 Å². The number of carbonyl (C=O) groups excluding carboxylic acids is 1. The van der Waals surface area contributed by atoms with Gasteiger partial charge in [0.2, 0.25) is 0 Å². The van der Waals surface area contributed by atoms with Gasteiger partial charge in [0.15, 0.2) is 0 Å². The molecule has 110 valence electrons. The van der Waals surface area contributed by atoms with E-state index in [2.05, 4.69) is 25.5 Å². The number of hydrogen-bond acceptors (Lipinski definition) is 4. The van der Waals surface area contributed by atoms with Crippen molar-refractivity contribution in [1.29, 1.82) is 0 Å². The van der Waals surface area contributed by atoms with E-state index in [4.69, 9.17) is 0 Å². The Balaban J connectivity index is 1.87. The first-order chi connectivity index (χ1) is 10.3. The summed E-state index contributed by atoms with van der Waals surface area (Å²) in [6.07, 6.45) is 4.60. The summed E-state index contributed by atoms with van der Waals surface area (Å²) in [7, 11) is 0. The molecule has 0 radical (unpaired) electrons. The zero-order valence-electron chi connectivity index (χ0n) is 11.6. The van der Waals surface area contributed by atoms with Gasteiger partial charge in [-0.3, -0.25) is 4.79 Å². The SMILES string of the molecule is O=C(c1snnc1-c1ccc(Br)cc1)N1CCCCCC1. The second-order valence-corrected chi connectivity index (χ2v) is 6.83. The summed E-state index contributed by atoms with van der Waals surface area (Å²) in [5.41, 5.74) is 1.63. The average molecular weight is 366 g/mol. The molecule has 4 nitrogen and oxygen atoms in total. The van der Waals surface area contributed by atoms with Gasteiger partial charge >= 0.3 is 0 Å². The number of halogens is 1. The van der Waals surface area contributed by atoms with Crippen LogP contribution in [0.1, 0.15) is 35.4 Å². The Morgan fingerprint density at radius 3 is 2.43 bits per heavy atom. The summed E-state index contributed by atoms with van der Waals surface area (Å²) in [6, 6.07) is 7.82. The number of hydrogen-bond donors (Lipinski definition) is 0. The van der Waals surface area contributed by atoms with E-state index in [1.54, 1.807) is 0 Å². The van der Waals surface area contributed by atoms with Gasteiger partial charge in [0.05, 0.1) is 0 Å². The maximum atomic E-state index is 12.7. The van der Waals surface area contributed by atoms with Crippen LogP contribution in [0.4, 0.5) is 0 Å². The lowest BCUT2D eigenvalue weighted by Crippen LogP contribution is -2.31. The van der Waals surface area contributed by atoms with Crippen LogP contribution in [0.15, 0.2) is 28.7 Å². The minimum atomic E-state index is 0.0739. The van der Waals surface area contributed by atoms with E-state index >= 15 is 0 Å². The zero-order valence-corrected chi connectivity index (χ0v) is 14.0. The molecule has 1 fully saturated rings. The monoisotopic (exact) mass is 365 g/mol. The standard InChI is InChI=1S/C15H16BrN3OS/c16-12-7-5-11(6-8-12)13-14(21-18-17-13)15(20)19-9-3-1-2-4-10-19/h5-8H,1-4,9-10H2. The maximum absolute atomic E-state index is 12.7. The van der Waals surface area contributed by atoms with E-state index in [9.17, 15) is 4.79 Å². The largest absolute Gasteiger partial charge is 0.338 e. The Morgan fingerprint density at radius 2 is 1.76 bits per heavy atom. The Morgan fingerprint density at radius 1 is 1.10 bits per heavy atom. The minimum absolute atomic E-state index is 0.0739. The smallest absolute Gasteiger partial charge is 0.267 e. The number of benzene rings is 1. The van der Waals surface area contributed by atoms with Gasteiger partial charge in [-0.15, -0.1) is 5.10 Å². The summed E-state index contributed by atoms with van der Waals surface area (Å²) in [5, 5.41) is 4.16. The van der Waals surface area contributed by atoms with Crippen molar-refractivity contribution in [3.63, 3.8) is 0 Å². The van der Waals surface area contributed by atoms with Crippen LogP contribution >= 0.6 is 27.5 Å². The molecule has 0 unspecified atom stereocenters. The molecule has 1 amide bonds. The summed E-state index contributed by atoms with van der Waals surface area (Å²) in [6.45, 7) is 1.69. The zero-order chi connectivity index (χ0) is 14.7. The Hall–Kier alpha value is -1.27. The van der Waals surface area contributed by atoms with Gasteiger partial charge in [0, 0.05) is 23.1 Å². The lowest BCUT2D eigenvalue weighted by Gasteiger charge is -2.19. The molecule has 1 aliphatic heterocycles. The predicted molar refractivity (Wildman–Crippen MR) is 87.4 cm³/mol. The van der Waals surface area contributed by atoms with Gasteiger partial charge in [-0.1, -0.05) is 45.4 Å². The molecule has 1 aromatic carbocycles. The summed E-state index contributed by atoms with van der Waals surface area (Å²) >= 11 is 4.61. The number of likely N-dealkylation sites (tertiary alicyclic amines) is 1. The fourth-order valence-corrected chi connectivity index (χ4v) is 3.47. The fourth-order valence-electron chi connectivity index (χ4n) is 2.55. The highest BCUT2D eigenvalue weighted by Gasteiger charge is 2.23. The Bertz CT molecular complexity index is 618. The van der Waals surface area contributed by atoms with Gasteiger partial charge in [-0.25, -0.2) is 0 Å². The first-order valence-electron chi connectivity index (χ1n) is 7.13. The van der Waals surface area contributed by atoms with Crippen molar-refractivity contribution in [3.8, 4) is 11.3 Å². The van der Waals surface area contributed by atoms with E-state index < -0.39 is 0 Å². The molecule has 3 rings (SSSR count). The summed E-state index contributed by atoms with van der Waals surface area (Å²) in [4.78, 5) is 15.3. The molecule has 2 aromatic rings. The Kier molecular flexibility index (Phi) is 4.65. The molecule has 1 aliphatic rings.